The van der Waals surface area contributed by atoms with E-state index in [1.165, 1.54) is 0 Å². The van der Waals surface area contributed by atoms with E-state index >= 15 is 0 Å². The number of nitrogens with one attached hydrogen (secondary N) is 1. The zero-order chi connectivity index (χ0) is 20.1. The van der Waals surface area contributed by atoms with Gasteiger partial charge in [-0.1, -0.05) is 61.7 Å². The monoisotopic (exact) mass is 390 g/mol. The van der Waals surface area contributed by atoms with Crippen LogP contribution < -0.4 is 5.32 Å². The maximum atomic E-state index is 13.3. The number of amides is 1. The van der Waals surface area contributed by atoms with Crippen LogP contribution >= 0.6 is 0 Å². The largest absolute Gasteiger partial charge is 0.341 e. The Morgan fingerprint density at radius 3 is 2.62 bits per heavy atom. The van der Waals surface area contributed by atoms with E-state index < -0.39 is 5.54 Å². The SMILES string of the molecule is CC[C@@H](C(=O)NC1(c2nc(-c3cccnc3)no2)CCCCC1)c1ccccc1. The first-order valence-corrected chi connectivity index (χ1v) is 10.3. The van der Waals surface area contributed by atoms with Gasteiger partial charge < -0.3 is 9.84 Å². The van der Waals surface area contributed by atoms with Gasteiger partial charge in [-0.25, -0.2) is 0 Å². The lowest BCUT2D eigenvalue weighted by Gasteiger charge is -2.36. The normalized spacial score (nSPS) is 16.9. The van der Waals surface area contributed by atoms with Gasteiger partial charge in [-0.05, 0) is 37.0 Å². The summed E-state index contributed by atoms with van der Waals surface area (Å²) < 4.78 is 5.68. The number of hydrogen-bond donors (Lipinski definition) is 1. The minimum Gasteiger partial charge on any atom is -0.341 e. The van der Waals surface area contributed by atoms with Crippen LogP contribution in [-0.4, -0.2) is 21.0 Å². The number of nitrogens with zero attached hydrogens (tertiary/aromatic N) is 3. The van der Waals surface area contributed by atoms with E-state index in [0.717, 1.165) is 49.7 Å². The van der Waals surface area contributed by atoms with Crippen LogP contribution in [0.25, 0.3) is 11.4 Å². The van der Waals surface area contributed by atoms with E-state index in [2.05, 4.69) is 20.4 Å². The second kappa shape index (κ2) is 8.55. The molecule has 1 aromatic carbocycles. The number of benzene rings is 1. The first kappa shape index (κ1) is 19.3. The fourth-order valence-electron chi connectivity index (χ4n) is 4.16. The van der Waals surface area contributed by atoms with Crippen LogP contribution in [0.1, 0.15) is 62.8 Å². The van der Waals surface area contributed by atoms with E-state index in [1.54, 1.807) is 12.4 Å². The molecular weight excluding hydrogens is 364 g/mol. The van der Waals surface area contributed by atoms with Crippen molar-refractivity contribution in [3.05, 3.63) is 66.3 Å². The van der Waals surface area contributed by atoms with Crippen LogP contribution in [0.5, 0.6) is 0 Å². The van der Waals surface area contributed by atoms with Crippen LogP contribution in [0.3, 0.4) is 0 Å². The quantitative estimate of drug-likeness (QED) is 0.665. The summed E-state index contributed by atoms with van der Waals surface area (Å²) in [6.07, 6.45) is 8.95. The number of rotatable bonds is 6. The number of aromatic nitrogens is 3. The number of hydrogen-bond acceptors (Lipinski definition) is 5. The Hall–Kier alpha value is -3.02. The number of carbonyl (C=O) groups excluding carboxylic acids is 1. The van der Waals surface area contributed by atoms with E-state index in [0.29, 0.717) is 11.7 Å². The Bertz CT molecular complexity index is 934. The molecule has 1 saturated carbocycles. The van der Waals surface area contributed by atoms with Crippen LogP contribution in [-0.2, 0) is 10.3 Å². The molecular formula is C23H26N4O2. The van der Waals surface area contributed by atoms with Crippen molar-refractivity contribution in [2.24, 2.45) is 0 Å². The highest BCUT2D eigenvalue weighted by molar-refractivity contribution is 5.84. The average molecular weight is 390 g/mol. The Balaban J connectivity index is 1.62. The van der Waals surface area contributed by atoms with Crippen LogP contribution in [0.15, 0.2) is 59.4 Å². The highest BCUT2D eigenvalue weighted by Gasteiger charge is 2.42. The molecule has 150 valence electrons. The topological polar surface area (TPSA) is 80.9 Å². The summed E-state index contributed by atoms with van der Waals surface area (Å²) in [5, 5.41) is 7.47. The second-order valence-corrected chi connectivity index (χ2v) is 7.67. The van der Waals surface area contributed by atoms with E-state index in [4.69, 9.17) is 4.52 Å². The van der Waals surface area contributed by atoms with Gasteiger partial charge in [0, 0.05) is 18.0 Å². The predicted molar refractivity (Wildman–Crippen MR) is 110 cm³/mol. The molecule has 6 nitrogen and oxygen atoms in total. The Morgan fingerprint density at radius 2 is 1.93 bits per heavy atom. The summed E-state index contributed by atoms with van der Waals surface area (Å²) in [7, 11) is 0. The summed E-state index contributed by atoms with van der Waals surface area (Å²) in [5.74, 6) is 0.812. The van der Waals surface area contributed by atoms with Gasteiger partial charge in [0.25, 0.3) is 5.89 Å². The average Bonchev–Trinajstić information content (AvgIpc) is 3.27. The van der Waals surface area contributed by atoms with Gasteiger partial charge in [-0.2, -0.15) is 4.98 Å². The minimum atomic E-state index is -0.606. The van der Waals surface area contributed by atoms with E-state index in [1.807, 2.05) is 49.4 Å². The third kappa shape index (κ3) is 4.06. The molecule has 1 N–H and O–H groups in total. The van der Waals surface area contributed by atoms with Crippen LogP contribution in [0.4, 0.5) is 0 Å². The fraction of sp³-hybridized carbons (Fsp3) is 0.391. The zero-order valence-corrected chi connectivity index (χ0v) is 16.7. The van der Waals surface area contributed by atoms with Crippen molar-refractivity contribution >= 4 is 5.91 Å². The molecule has 2 heterocycles. The molecule has 0 aliphatic heterocycles. The second-order valence-electron chi connectivity index (χ2n) is 7.67. The molecule has 2 aromatic heterocycles. The minimum absolute atomic E-state index is 0.0155. The lowest BCUT2D eigenvalue weighted by atomic mass is 9.80. The Morgan fingerprint density at radius 1 is 1.14 bits per heavy atom. The molecule has 3 aromatic rings. The van der Waals surface area contributed by atoms with Gasteiger partial charge in [0.1, 0.15) is 5.54 Å². The first-order valence-electron chi connectivity index (χ1n) is 10.3. The van der Waals surface area contributed by atoms with Crippen LogP contribution in [0, 0.1) is 0 Å². The van der Waals surface area contributed by atoms with Gasteiger partial charge in [-0.3, -0.25) is 9.78 Å². The van der Waals surface area contributed by atoms with Crippen molar-refractivity contribution in [1.29, 1.82) is 0 Å². The Kier molecular flexibility index (Phi) is 5.69. The molecule has 29 heavy (non-hydrogen) atoms. The third-order valence-corrected chi connectivity index (χ3v) is 5.75. The van der Waals surface area contributed by atoms with Gasteiger partial charge >= 0.3 is 0 Å². The van der Waals surface area contributed by atoms with Gasteiger partial charge in [0.15, 0.2) is 0 Å². The molecule has 0 bridgehead atoms. The molecule has 0 radical (unpaired) electrons. The lowest BCUT2D eigenvalue weighted by molar-refractivity contribution is -0.125. The van der Waals surface area contributed by atoms with Gasteiger partial charge in [-0.15, -0.1) is 0 Å². The molecule has 1 fully saturated rings. The van der Waals surface area contributed by atoms with Crippen molar-refractivity contribution in [3.8, 4) is 11.4 Å². The van der Waals surface area contributed by atoms with Crippen molar-refractivity contribution in [2.75, 3.05) is 0 Å². The number of carbonyl (C=O) groups is 1. The van der Waals surface area contributed by atoms with Crippen molar-refractivity contribution in [1.82, 2.24) is 20.4 Å². The predicted octanol–water partition coefficient (Wildman–Crippen LogP) is 4.60. The molecule has 1 amide bonds. The fourth-order valence-corrected chi connectivity index (χ4v) is 4.16. The van der Waals surface area contributed by atoms with Crippen molar-refractivity contribution in [3.63, 3.8) is 0 Å². The van der Waals surface area contributed by atoms with Crippen LogP contribution in [0.2, 0.25) is 0 Å². The molecule has 1 atom stereocenters. The van der Waals surface area contributed by atoms with Crippen molar-refractivity contribution < 1.29 is 9.32 Å². The standard InChI is InChI=1S/C23H26N4O2/c1-2-19(17-10-5-3-6-11-17)21(28)26-23(13-7-4-8-14-23)22-25-20(27-29-22)18-12-9-15-24-16-18/h3,5-6,9-12,15-16,19H,2,4,7-8,13-14H2,1H3,(H,26,28)/t19-/m1/s1. The highest BCUT2D eigenvalue weighted by atomic mass is 16.5. The smallest absolute Gasteiger partial charge is 0.252 e. The van der Waals surface area contributed by atoms with Gasteiger partial charge in [0.05, 0.1) is 5.92 Å². The molecule has 6 heteroatoms. The zero-order valence-electron chi connectivity index (χ0n) is 16.7. The van der Waals surface area contributed by atoms with Gasteiger partial charge in [0.2, 0.25) is 11.7 Å². The summed E-state index contributed by atoms with van der Waals surface area (Å²) in [5.41, 5.74) is 1.22. The van der Waals surface area contributed by atoms with E-state index in [9.17, 15) is 4.79 Å². The first-order chi connectivity index (χ1) is 14.2. The summed E-state index contributed by atoms with van der Waals surface area (Å²) in [6.45, 7) is 2.04. The molecule has 0 unspecified atom stereocenters. The highest BCUT2D eigenvalue weighted by Crippen LogP contribution is 2.38. The van der Waals surface area contributed by atoms with Crippen molar-refractivity contribution in [2.45, 2.75) is 56.9 Å². The molecule has 1 aliphatic carbocycles. The molecule has 4 rings (SSSR count). The number of pyridine rings is 1. The lowest BCUT2D eigenvalue weighted by Crippen LogP contribution is -2.49. The summed E-state index contributed by atoms with van der Waals surface area (Å²) in [6, 6.07) is 13.7. The summed E-state index contributed by atoms with van der Waals surface area (Å²) >= 11 is 0. The van der Waals surface area contributed by atoms with E-state index in [-0.39, 0.29) is 11.8 Å². The third-order valence-electron chi connectivity index (χ3n) is 5.75. The molecule has 0 spiro atoms. The maximum absolute atomic E-state index is 13.3. The molecule has 0 saturated heterocycles. The molecule has 1 aliphatic rings. The maximum Gasteiger partial charge on any atom is 0.252 e. The Labute approximate surface area is 170 Å². The summed E-state index contributed by atoms with van der Waals surface area (Å²) in [4.78, 5) is 22.1.